The lowest BCUT2D eigenvalue weighted by Gasteiger charge is -2.43. The summed E-state index contributed by atoms with van der Waals surface area (Å²) in [6, 6.07) is 10.1. The van der Waals surface area contributed by atoms with Crippen molar-refractivity contribution >= 4 is 58.8 Å². The van der Waals surface area contributed by atoms with E-state index in [2.05, 4.69) is 79.8 Å². The average Bonchev–Trinajstić information content (AvgIpc) is 3.57. The Bertz CT molecular complexity index is 1850. The Morgan fingerprint density at radius 3 is 2.43 bits per heavy atom. The van der Waals surface area contributed by atoms with Crippen LogP contribution in [-0.4, -0.2) is 123 Å². The number of rotatable bonds is 9. The number of nitrogens with one attached hydrogen (secondary N) is 3. The lowest BCUT2D eigenvalue weighted by Crippen LogP contribution is -2.52. The van der Waals surface area contributed by atoms with E-state index in [-0.39, 0.29) is 11.7 Å². The molecule has 0 radical (unpaired) electrons. The number of aryl methyl sites for hydroxylation is 1. The van der Waals surface area contributed by atoms with Crippen LogP contribution in [0.4, 0.5) is 47.7 Å². The normalized spacial score (nSPS) is 17.9. The monoisotopic (exact) mass is 725 g/mol. The Labute approximate surface area is 298 Å². The third-order valence-corrected chi connectivity index (χ3v) is 11.4. The molecule has 0 spiro atoms. The van der Waals surface area contributed by atoms with Gasteiger partial charge in [0.05, 0.1) is 29.0 Å². The highest BCUT2D eigenvalue weighted by molar-refractivity contribution is 7.64. The van der Waals surface area contributed by atoms with Gasteiger partial charge in [0, 0.05) is 75.6 Å². The first-order chi connectivity index (χ1) is 24.4. The number of fused-ring (bicyclic) bond motifs is 2. The molecule has 5 heterocycles. The molecule has 2 aromatic heterocycles. The highest BCUT2D eigenvalue weighted by atomic mass is 31.1. The Morgan fingerprint density at radius 1 is 0.941 bits per heavy atom. The van der Waals surface area contributed by atoms with Crippen molar-refractivity contribution in [2.75, 3.05) is 107 Å². The van der Waals surface area contributed by atoms with Crippen molar-refractivity contribution in [3.63, 3.8) is 0 Å². The number of nitrogens with zero attached hydrogens (tertiary/aromatic N) is 6. The van der Waals surface area contributed by atoms with Crippen LogP contribution in [0.3, 0.4) is 0 Å². The summed E-state index contributed by atoms with van der Waals surface area (Å²) < 4.78 is 52.1. The predicted molar refractivity (Wildman–Crippen MR) is 201 cm³/mol. The fraction of sp³-hybridized carbons (Fsp3) is 0.500. The van der Waals surface area contributed by atoms with E-state index in [9.17, 15) is 13.2 Å². The Morgan fingerprint density at radius 2 is 1.71 bits per heavy atom. The van der Waals surface area contributed by atoms with Gasteiger partial charge in [0.1, 0.15) is 23.8 Å². The van der Waals surface area contributed by atoms with Crippen LogP contribution >= 0.6 is 7.92 Å². The minimum atomic E-state index is -4.50. The maximum Gasteiger partial charge on any atom is 0.422 e. The lowest BCUT2D eigenvalue weighted by molar-refractivity contribution is -0.153. The van der Waals surface area contributed by atoms with Gasteiger partial charge in [-0.1, -0.05) is 7.92 Å². The molecular formula is C36H47F3N9O2P. The molecule has 2 fully saturated rings. The molecule has 3 aliphatic rings. The maximum atomic E-state index is 13.5. The smallest absolute Gasteiger partial charge is 0.422 e. The van der Waals surface area contributed by atoms with E-state index in [4.69, 9.17) is 14.5 Å². The number of hydrogen-bond donors (Lipinski definition) is 3. The minimum absolute atomic E-state index is 0.0969. The van der Waals surface area contributed by atoms with E-state index in [0.717, 1.165) is 97.7 Å². The molecule has 3 N–H and O–H groups in total. The summed E-state index contributed by atoms with van der Waals surface area (Å²) in [7, 11) is 3.66. The molecule has 51 heavy (non-hydrogen) atoms. The molecule has 2 aromatic carbocycles. The SMILES string of the molecule is Cc1cc(Nc2nc(Nc3ccc4c(c3P(C)C)OCCN4C)c3cc[nH]c3n2)c(OCC(F)(F)F)cc1N1CCC(N2CCN(C)CC2)CC1. The largest absolute Gasteiger partial charge is 0.489 e. The molecule has 0 amide bonds. The number of benzene rings is 2. The van der Waals surface area contributed by atoms with Crippen molar-refractivity contribution < 1.29 is 22.6 Å². The van der Waals surface area contributed by atoms with Gasteiger partial charge in [-0.15, -0.1) is 0 Å². The summed E-state index contributed by atoms with van der Waals surface area (Å²) in [6.07, 6.45) is -0.692. The summed E-state index contributed by atoms with van der Waals surface area (Å²) in [5, 5.41) is 8.63. The van der Waals surface area contributed by atoms with Crippen molar-refractivity contribution in [2.24, 2.45) is 0 Å². The number of alkyl halides is 3. The average molecular weight is 726 g/mol. The van der Waals surface area contributed by atoms with Crippen LogP contribution in [-0.2, 0) is 0 Å². The molecular weight excluding hydrogens is 678 g/mol. The van der Waals surface area contributed by atoms with E-state index in [1.54, 1.807) is 12.3 Å². The van der Waals surface area contributed by atoms with Crippen molar-refractivity contribution in [1.29, 1.82) is 0 Å². The van der Waals surface area contributed by atoms with Crippen LogP contribution in [0.15, 0.2) is 36.5 Å². The highest BCUT2D eigenvalue weighted by Crippen LogP contribution is 2.42. The first-order valence-electron chi connectivity index (χ1n) is 17.5. The van der Waals surface area contributed by atoms with Crippen LogP contribution in [0.25, 0.3) is 11.0 Å². The molecule has 15 heteroatoms. The number of aromatic nitrogens is 3. The molecule has 0 bridgehead atoms. The third kappa shape index (κ3) is 7.78. The van der Waals surface area contributed by atoms with Crippen LogP contribution in [0, 0.1) is 6.92 Å². The van der Waals surface area contributed by atoms with E-state index in [0.29, 0.717) is 29.8 Å². The van der Waals surface area contributed by atoms with Crippen molar-refractivity contribution in [2.45, 2.75) is 32.0 Å². The summed E-state index contributed by atoms with van der Waals surface area (Å²) in [4.78, 5) is 22.1. The number of piperazine rings is 1. The van der Waals surface area contributed by atoms with Gasteiger partial charge in [-0.25, -0.2) is 0 Å². The molecule has 0 aliphatic carbocycles. The zero-order valence-corrected chi connectivity index (χ0v) is 30.8. The summed E-state index contributed by atoms with van der Waals surface area (Å²) in [6.45, 7) is 12.3. The van der Waals surface area contributed by atoms with Crippen LogP contribution in [0.1, 0.15) is 18.4 Å². The minimum Gasteiger partial charge on any atom is -0.489 e. The number of likely N-dealkylation sites (N-methyl/N-ethyl adjacent to an activating group) is 2. The van der Waals surface area contributed by atoms with Crippen molar-refractivity contribution in [1.82, 2.24) is 24.8 Å². The van der Waals surface area contributed by atoms with E-state index < -0.39 is 20.7 Å². The number of H-pyrrole nitrogens is 1. The van der Waals surface area contributed by atoms with Gasteiger partial charge in [0.2, 0.25) is 5.95 Å². The molecule has 274 valence electrons. The molecule has 2 saturated heterocycles. The number of piperidine rings is 1. The van der Waals surface area contributed by atoms with Gasteiger partial charge < -0.3 is 39.8 Å². The Kier molecular flexibility index (Phi) is 10.1. The van der Waals surface area contributed by atoms with Gasteiger partial charge >= 0.3 is 6.18 Å². The Hall–Kier alpha value is -4.00. The standard InChI is InChI=1S/C36H47F3N9O2P/c1-23-20-27(30(50-22-36(37,38)39)21-29(23)48-12-9-24(10-13-48)47-16-14-45(2)15-17-47)42-35-43-33-25(8-11-40-33)34(44-35)41-26-6-7-28-31(32(26)51(4)5)49-19-18-46(28)3/h6-8,11,20-21,24H,9-10,12-19,22H2,1-5H3,(H3,40,41,42,43,44). The van der Waals surface area contributed by atoms with E-state index in [1.807, 2.05) is 19.1 Å². The van der Waals surface area contributed by atoms with Gasteiger partial charge in [-0.3, -0.25) is 4.90 Å². The number of hydrogen-bond acceptors (Lipinski definition) is 10. The number of ether oxygens (including phenoxy) is 2. The molecule has 7 rings (SSSR count). The van der Waals surface area contributed by atoms with Crippen molar-refractivity contribution in [3.8, 4) is 11.5 Å². The fourth-order valence-corrected chi connectivity index (χ4v) is 8.54. The number of halogens is 3. The van der Waals surface area contributed by atoms with E-state index >= 15 is 0 Å². The maximum absolute atomic E-state index is 13.5. The first-order valence-corrected chi connectivity index (χ1v) is 19.8. The second kappa shape index (κ2) is 14.6. The first kappa shape index (κ1) is 35.4. The molecule has 4 aromatic rings. The molecule has 0 atom stereocenters. The highest BCUT2D eigenvalue weighted by Gasteiger charge is 2.31. The van der Waals surface area contributed by atoms with Crippen LogP contribution in [0.5, 0.6) is 11.5 Å². The third-order valence-electron chi connectivity index (χ3n) is 10.1. The Balaban J connectivity index is 1.17. The lowest BCUT2D eigenvalue weighted by atomic mass is 10.0. The number of aromatic amines is 1. The molecule has 0 saturated carbocycles. The zero-order valence-electron chi connectivity index (χ0n) is 29.9. The number of anilines is 6. The second-order valence-electron chi connectivity index (χ2n) is 14.0. The van der Waals surface area contributed by atoms with E-state index in [1.165, 1.54) is 0 Å². The van der Waals surface area contributed by atoms with Gasteiger partial charge in [-0.2, -0.15) is 23.1 Å². The van der Waals surface area contributed by atoms with Crippen LogP contribution < -0.4 is 35.2 Å². The zero-order chi connectivity index (χ0) is 35.9. The van der Waals surface area contributed by atoms with Gasteiger partial charge in [0.15, 0.2) is 12.4 Å². The summed E-state index contributed by atoms with van der Waals surface area (Å²) in [5.41, 5.74) is 4.69. The van der Waals surface area contributed by atoms with Crippen LogP contribution in [0.2, 0.25) is 0 Å². The van der Waals surface area contributed by atoms with Gasteiger partial charge in [-0.05, 0) is 70.0 Å². The summed E-state index contributed by atoms with van der Waals surface area (Å²) in [5.74, 6) is 1.75. The predicted octanol–water partition coefficient (Wildman–Crippen LogP) is 6.11. The van der Waals surface area contributed by atoms with Gasteiger partial charge in [0.25, 0.3) is 0 Å². The molecule has 0 unspecified atom stereocenters. The quantitative estimate of drug-likeness (QED) is 0.176. The van der Waals surface area contributed by atoms with Crippen molar-refractivity contribution in [3.05, 3.63) is 42.1 Å². The molecule has 11 nitrogen and oxygen atoms in total. The topological polar surface area (TPSA) is 97.0 Å². The fourth-order valence-electron chi connectivity index (χ4n) is 7.35. The second-order valence-corrected chi connectivity index (χ2v) is 16.2. The summed E-state index contributed by atoms with van der Waals surface area (Å²) >= 11 is 0. The molecule has 3 aliphatic heterocycles.